The van der Waals surface area contributed by atoms with Crippen molar-refractivity contribution in [3.8, 4) is 5.75 Å². The number of hydrogen-bond donors (Lipinski definition) is 3. The Morgan fingerprint density at radius 1 is 1.21 bits per heavy atom. The summed E-state index contributed by atoms with van der Waals surface area (Å²) in [6, 6.07) is 9.34. The Balaban J connectivity index is 1.88. The van der Waals surface area contributed by atoms with Crippen LogP contribution in [0.3, 0.4) is 0 Å². The van der Waals surface area contributed by atoms with Gasteiger partial charge < -0.3 is 26.3 Å². The number of piperazine rings is 1. The molecule has 2 heterocycles. The fourth-order valence-corrected chi connectivity index (χ4v) is 5.66. The molecule has 38 heavy (non-hydrogen) atoms. The van der Waals surface area contributed by atoms with E-state index < -0.39 is 29.7 Å². The van der Waals surface area contributed by atoms with Crippen LogP contribution in [-0.4, -0.2) is 57.5 Å². The molecule has 5 N–H and O–H groups in total. The summed E-state index contributed by atoms with van der Waals surface area (Å²) < 4.78 is 7.21. The number of carboxylic acids is 1. The number of nitrogens with zero attached hydrogens (tertiary/aromatic N) is 4. The summed E-state index contributed by atoms with van der Waals surface area (Å²) in [6.45, 7) is 8.39. The summed E-state index contributed by atoms with van der Waals surface area (Å²) in [4.78, 5) is 42.1. The molecule has 1 aromatic heterocycles. The number of aromatic nitrogens is 2. The Labute approximate surface area is 224 Å². The first-order valence-electron chi connectivity index (χ1n) is 12.3. The van der Waals surface area contributed by atoms with Gasteiger partial charge in [-0.05, 0) is 26.3 Å². The van der Waals surface area contributed by atoms with Gasteiger partial charge in [-0.15, -0.1) is 0 Å². The molecule has 0 amide bonds. The van der Waals surface area contributed by atoms with Crippen molar-refractivity contribution in [3.05, 3.63) is 61.8 Å². The number of carbonyl (C=O) groups is 1. The van der Waals surface area contributed by atoms with Crippen LogP contribution in [0.15, 0.2) is 39.9 Å². The quantitative estimate of drug-likeness (QED) is 0.300. The van der Waals surface area contributed by atoms with Crippen molar-refractivity contribution in [2.45, 2.75) is 45.3 Å². The summed E-state index contributed by atoms with van der Waals surface area (Å²) >= 11 is 6.99. The van der Waals surface area contributed by atoms with E-state index in [9.17, 15) is 19.5 Å². The van der Waals surface area contributed by atoms with Crippen LogP contribution in [0.1, 0.15) is 38.8 Å². The van der Waals surface area contributed by atoms with Gasteiger partial charge in [0.25, 0.3) is 5.56 Å². The minimum Gasteiger partial charge on any atom is -0.492 e. The number of ether oxygens (including phenoxy) is 1. The number of nitrogens with two attached hydrogens (primary N) is 2. The first kappa shape index (κ1) is 27.3. The summed E-state index contributed by atoms with van der Waals surface area (Å²) in [5, 5.41) is 9.35. The second-order valence-corrected chi connectivity index (χ2v) is 10.6. The van der Waals surface area contributed by atoms with Crippen molar-refractivity contribution < 1.29 is 14.6 Å². The molecule has 204 valence electrons. The molecule has 1 atom stereocenters. The van der Waals surface area contributed by atoms with Gasteiger partial charge in [0, 0.05) is 37.8 Å². The smallest absolute Gasteiger partial charge is 0.350 e. The molecule has 12 heteroatoms. The van der Waals surface area contributed by atoms with Crippen LogP contribution in [0.5, 0.6) is 5.75 Å². The lowest BCUT2D eigenvalue weighted by Crippen LogP contribution is -2.59. The van der Waals surface area contributed by atoms with E-state index in [4.69, 9.17) is 27.9 Å². The minimum absolute atomic E-state index is 0.0214. The van der Waals surface area contributed by atoms with Gasteiger partial charge in [0.1, 0.15) is 5.69 Å². The van der Waals surface area contributed by atoms with E-state index in [0.29, 0.717) is 30.0 Å². The monoisotopic (exact) mass is 544 g/mol. The Bertz CT molecular complexity index is 1500. The number of aliphatic carboxylic acids is 1. The average molecular weight is 545 g/mol. The summed E-state index contributed by atoms with van der Waals surface area (Å²) in [7, 11) is 1.43. The molecule has 4 rings (SSSR count). The third-order valence-electron chi connectivity index (χ3n) is 7.19. The maximum absolute atomic E-state index is 13.1. The zero-order valence-electron chi connectivity index (χ0n) is 21.9. The van der Waals surface area contributed by atoms with Crippen LogP contribution < -0.4 is 32.5 Å². The van der Waals surface area contributed by atoms with Crippen LogP contribution in [0.4, 0.5) is 11.4 Å². The van der Waals surface area contributed by atoms with E-state index >= 15 is 0 Å². The summed E-state index contributed by atoms with van der Waals surface area (Å²) in [5.74, 6) is 4.86. The molecule has 0 radical (unpaired) electrons. The van der Waals surface area contributed by atoms with Crippen molar-refractivity contribution in [2.75, 3.05) is 43.2 Å². The molecule has 0 spiro atoms. The zero-order chi connectivity index (χ0) is 27.9. The highest BCUT2D eigenvalue weighted by Crippen LogP contribution is 2.47. The number of benzene rings is 2. The second-order valence-electron chi connectivity index (χ2n) is 10.2. The molecule has 1 aliphatic heterocycles. The van der Waals surface area contributed by atoms with E-state index in [0.717, 1.165) is 11.1 Å². The molecular formula is C26H33ClN6O5. The topological polar surface area (TPSA) is 149 Å². The largest absolute Gasteiger partial charge is 0.492 e. The standard InChI is InChI=1S/C26H33ClN6O5/c1-15(12-17(34)35)32-21-18(24(36)33(29)25(32)37)20(28)23(38-4)22(19(21)27)30-10-11-31(26(2,3)14-30)13-16-8-6-5-7-9-16/h5-9,15H,10-14,28-29H2,1-4H3,(H,34,35). The second kappa shape index (κ2) is 10.2. The Morgan fingerprint density at radius 3 is 2.45 bits per heavy atom. The lowest BCUT2D eigenvalue weighted by atomic mass is 9.96. The maximum atomic E-state index is 13.1. The van der Waals surface area contributed by atoms with Gasteiger partial charge in [-0.1, -0.05) is 41.9 Å². The molecule has 2 aromatic carbocycles. The third-order valence-corrected chi connectivity index (χ3v) is 7.55. The van der Waals surface area contributed by atoms with E-state index in [-0.39, 0.29) is 32.9 Å². The van der Waals surface area contributed by atoms with Crippen molar-refractivity contribution in [1.29, 1.82) is 0 Å². The van der Waals surface area contributed by atoms with Gasteiger partial charge in [-0.25, -0.2) is 4.79 Å². The van der Waals surface area contributed by atoms with Crippen LogP contribution in [0.25, 0.3) is 10.9 Å². The minimum atomic E-state index is -1.12. The average Bonchev–Trinajstić information content (AvgIpc) is 2.85. The van der Waals surface area contributed by atoms with E-state index in [1.54, 1.807) is 6.92 Å². The maximum Gasteiger partial charge on any atom is 0.350 e. The molecule has 0 saturated carbocycles. The first-order valence-corrected chi connectivity index (χ1v) is 12.6. The molecule has 3 aromatic rings. The molecular weight excluding hydrogens is 512 g/mol. The predicted molar refractivity (Wildman–Crippen MR) is 149 cm³/mol. The fraction of sp³-hybridized carbons (Fsp3) is 0.423. The number of rotatable bonds is 7. The van der Waals surface area contributed by atoms with Crippen LogP contribution >= 0.6 is 11.6 Å². The van der Waals surface area contributed by atoms with Crippen molar-refractivity contribution >= 4 is 39.8 Å². The van der Waals surface area contributed by atoms with Crippen LogP contribution in [0, 0.1) is 0 Å². The Morgan fingerprint density at radius 2 is 1.87 bits per heavy atom. The van der Waals surface area contributed by atoms with Gasteiger partial charge in [0.2, 0.25) is 0 Å². The first-order chi connectivity index (χ1) is 17.9. The SMILES string of the molecule is COc1c(N2CCN(Cc3ccccc3)C(C)(C)C2)c(Cl)c2c(c1N)c(=O)n(N)c(=O)n2C(C)CC(=O)O. The molecule has 1 unspecified atom stereocenters. The van der Waals surface area contributed by atoms with Gasteiger partial charge in [0.15, 0.2) is 5.75 Å². The number of carboxylic acid groups (broad SMARTS) is 1. The van der Waals surface area contributed by atoms with Crippen LogP contribution in [0.2, 0.25) is 5.02 Å². The van der Waals surface area contributed by atoms with Gasteiger partial charge in [0.05, 0.1) is 35.1 Å². The number of methoxy groups -OCH3 is 1. The molecule has 1 fully saturated rings. The number of anilines is 2. The van der Waals surface area contributed by atoms with E-state index in [1.807, 2.05) is 23.1 Å². The Hall–Kier alpha value is -3.70. The van der Waals surface area contributed by atoms with Gasteiger partial charge in [-0.2, -0.15) is 4.68 Å². The highest BCUT2D eigenvalue weighted by molar-refractivity contribution is 6.39. The van der Waals surface area contributed by atoms with Gasteiger partial charge in [-0.3, -0.25) is 19.1 Å². The van der Waals surface area contributed by atoms with Crippen molar-refractivity contribution in [1.82, 2.24) is 14.1 Å². The third kappa shape index (κ3) is 4.67. The van der Waals surface area contributed by atoms with Crippen molar-refractivity contribution in [2.24, 2.45) is 0 Å². The molecule has 0 aliphatic carbocycles. The number of hydrogen-bond acceptors (Lipinski definition) is 8. The molecule has 11 nitrogen and oxygen atoms in total. The van der Waals surface area contributed by atoms with Crippen molar-refractivity contribution in [3.63, 3.8) is 0 Å². The number of fused-ring (bicyclic) bond motifs is 1. The lowest BCUT2D eigenvalue weighted by Gasteiger charge is -2.48. The number of nitrogen functional groups attached to an aromatic ring is 2. The lowest BCUT2D eigenvalue weighted by molar-refractivity contribution is -0.137. The molecule has 1 aliphatic rings. The number of halogens is 1. The van der Waals surface area contributed by atoms with Gasteiger partial charge >= 0.3 is 11.7 Å². The summed E-state index contributed by atoms with van der Waals surface area (Å²) in [5.41, 5.74) is 6.11. The summed E-state index contributed by atoms with van der Waals surface area (Å²) in [6.07, 6.45) is -0.393. The molecule has 0 bridgehead atoms. The van der Waals surface area contributed by atoms with E-state index in [1.165, 1.54) is 12.7 Å². The fourth-order valence-electron chi connectivity index (χ4n) is 5.27. The highest BCUT2D eigenvalue weighted by atomic mass is 35.5. The normalized spacial score (nSPS) is 16.5. The van der Waals surface area contributed by atoms with Crippen LogP contribution in [-0.2, 0) is 11.3 Å². The Kier molecular flexibility index (Phi) is 7.35. The zero-order valence-corrected chi connectivity index (χ0v) is 22.7. The molecule has 1 saturated heterocycles. The highest BCUT2D eigenvalue weighted by Gasteiger charge is 2.37. The predicted octanol–water partition coefficient (Wildman–Crippen LogP) is 2.26. The van der Waals surface area contributed by atoms with E-state index in [2.05, 4.69) is 30.9 Å².